The summed E-state index contributed by atoms with van der Waals surface area (Å²) in [7, 11) is 0. The summed E-state index contributed by atoms with van der Waals surface area (Å²) in [6.45, 7) is 6.13. The minimum atomic E-state index is -2.77. The maximum absolute atomic E-state index is 13.2. The first-order valence-electron chi connectivity index (χ1n) is 7.45. The van der Waals surface area contributed by atoms with Crippen molar-refractivity contribution < 1.29 is 13.6 Å². The van der Waals surface area contributed by atoms with Crippen LogP contribution >= 0.6 is 11.3 Å². The van der Waals surface area contributed by atoms with E-state index in [9.17, 15) is 13.6 Å². The number of hydrogen-bond donors (Lipinski definition) is 1. The number of amides is 1. The van der Waals surface area contributed by atoms with Gasteiger partial charge in [-0.25, -0.2) is 13.8 Å². The molecule has 1 unspecified atom stereocenters. The number of hydrogen-bond acceptors (Lipinski definition) is 5. The molecule has 8 heteroatoms. The van der Waals surface area contributed by atoms with Crippen LogP contribution in [0.15, 0.2) is 0 Å². The molecule has 0 bridgehead atoms. The van der Waals surface area contributed by atoms with Crippen LogP contribution in [0.2, 0.25) is 0 Å². The summed E-state index contributed by atoms with van der Waals surface area (Å²) in [5.74, 6) is -2.97. The van der Waals surface area contributed by atoms with E-state index in [1.54, 1.807) is 16.2 Å². The molecule has 5 nitrogen and oxygen atoms in total. The number of nitrogens with zero attached hydrogens (tertiary/aromatic N) is 3. The van der Waals surface area contributed by atoms with Gasteiger partial charge in [0, 0.05) is 37.5 Å². The lowest BCUT2D eigenvalue weighted by Crippen LogP contribution is -2.53. The fraction of sp³-hybridized carbons (Fsp3) is 0.714. The Morgan fingerprint density at radius 3 is 2.50 bits per heavy atom. The highest BCUT2D eigenvalue weighted by Crippen LogP contribution is 2.28. The number of nitrogens with one attached hydrogen (secondary N) is 1. The van der Waals surface area contributed by atoms with E-state index < -0.39 is 24.9 Å². The number of piperazine rings is 1. The zero-order valence-corrected chi connectivity index (χ0v) is 13.6. The zero-order valence-electron chi connectivity index (χ0n) is 12.7. The van der Waals surface area contributed by atoms with Crippen LogP contribution in [0.4, 0.5) is 13.9 Å². The highest BCUT2D eigenvalue weighted by Gasteiger charge is 2.43. The predicted octanol–water partition coefficient (Wildman–Crippen LogP) is 1.41. The Hall–Kier alpha value is -1.28. The van der Waals surface area contributed by atoms with Gasteiger partial charge in [0.1, 0.15) is 0 Å². The molecule has 0 spiro atoms. The van der Waals surface area contributed by atoms with Gasteiger partial charge in [-0.1, -0.05) is 0 Å². The average molecular weight is 330 g/mol. The molecule has 0 aliphatic carbocycles. The van der Waals surface area contributed by atoms with E-state index in [-0.39, 0.29) is 5.91 Å². The van der Waals surface area contributed by atoms with Gasteiger partial charge in [-0.2, -0.15) is 0 Å². The summed E-state index contributed by atoms with van der Waals surface area (Å²) in [5, 5.41) is 3.61. The quantitative estimate of drug-likeness (QED) is 0.891. The van der Waals surface area contributed by atoms with Crippen LogP contribution in [-0.4, -0.2) is 60.5 Å². The predicted molar refractivity (Wildman–Crippen MR) is 81.7 cm³/mol. The number of thiazole rings is 1. The van der Waals surface area contributed by atoms with Crippen molar-refractivity contribution in [3.05, 3.63) is 10.6 Å². The molecule has 1 aromatic rings. The number of aromatic nitrogens is 1. The fourth-order valence-corrected chi connectivity index (χ4v) is 3.78. The Kier molecular flexibility index (Phi) is 4.07. The van der Waals surface area contributed by atoms with E-state index in [2.05, 4.69) is 15.2 Å². The Balaban J connectivity index is 1.56. The van der Waals surface area contributed by atoms with Crippen molar-refractivity contribution in [3.63, 3.8) is 0 Å². The lowest BCUT2D eigenvalue weighted by Gasteiger charge is -2.35. The number of aryl methyl sites for hydroxylation is 2. The van der Waals surface area contributed by atoms with Gasteiger partial charge in [0.2, 0.25) is 5.91 Å². The maximum atomic E-state index is 13.2. The summed E-state index contributed by atoms with van der Waals surface area (Å²) in [6.07, 6.45) is -0.392. The maximum Gasteiger partial charge on any atom is 0.262 e. The second-order valence-electron chi connectivity index (χ2n) is 5.94. The molecule has 1 N–H and O–H groups in total. The first-order chi connectivity index (χ1) is 10.4. The van der Waals surface area contributed by atoms with E-state index in [0.29, 0.717) is 26.2 Å². The van der Waals surface area contributed by atoms with Crippen LogP contribution in [0, 0.1) is 13.8 Å². The SMILES string of the molecule is Cc1nc(N2CCN(C(=O)C3CC(F)(F)CN3)CC2)sc1C. The molecular formula is C14H20F2N4OS. The molecule has 0 aromatic carbocycles. The van der Waals surface area contributed by atoms with Gasteiger partial charge in [-0.05, 0) is 13.8 Å². The van der Waals surface area contributed by atoms with Gasteiger partial charge in [-0.3, -0.25) is 10.1 Å². The molecule has 2 saturated heterocycles. The van der Waals surface area contributed by atoms with Crippen molar-refractivity contribution in [1.29, 1.82) is 0 Å². The molecule has 0 saturated carbocycles. The second-order valence-corrected chi connectivity index (χ2v) is 7.13. The van der Waals surface area contributed by atoms with E-state index in [0.717, 1.165) is 10.8 Å². The fourth-order valence-electron chi connectivity index (χ4n) is 2.82. The summed E-state index contributed by atoms with van der Waals surface area (Å²) in [6, 6.07) is -0.745. The summed E-state index contributed by atoms with van der Waals surface area (Å²) in [4.78, 5) is 21.9. The molecule has 2 aliphatic heterocycles. The average Bonchev–Trinajstić information content (AvgIpc) is 3.01. The van der Waals surface area contributed by atoms with Crippen LogP contribution in [0.3, 0.4) is 0 Å². The van der Waals surface area contributed by atoms with Crippen molar-refractivity contribution >= 4 is 22.4 Å². The molecule has 0 radical (unpaired) electrons. The van der Waals surface area contributed by atoms with Crippen molar-refractivity contribution in [2.24, 2.45) is 0 Å². The first-order valence-corrected chi connectivity index (χ1v) is 8.26. The van der Waals surface area contributed by atoms with Gasteiger partial charge >= 0.3 is 0 Å². The third-order valence-electron chi connectivity index (χ3n) is 4.29. The lowest BCUT2D eigenvalue weighted by atomic mass is 10.1. The molecule has 1 atom stereocenters. The normalized spacial score (nSPS) is 24.8. The molecule has 122 valence electrons. The van der Waals surface area contributed by atoms with E-state index in [1.165, 1.54) is 4.88 Å². The highest BCUT2D eigenvalue weighted by molar-refractivity contribution is 7.15. The molecule has 1 aromatic heterocycles. The van der Waals surface area contributed by atoms with Crippen LogP contribution in [0.5, 0.6) is 0 Å². The van der Waals surface area contributed by atoms with Crippen LogP contribution in [0.25, 0.3) is 0 Å². The van der Waals surface area contributed by atoms with E-state index in [1.807, 2.05) is 13.8 Å². The van der Waals surface area contributed by atoms with E-state index >= 15 is 0 Å². The van der Waals surface area contributed by atoms with Crippen molar-refractivity contribution in [2.75, 3.05) is 37.6 Å². The number of carbonyl (C=O) groups excluding carboxylic acids is 1. The summed E-state index contributed by atoms with van der Waals surface area (Å²) >= 11 is 1.66. The van der Waals surface area contributed by atoms with Gasteiger partial charge in [-0.15, -0.1) is 11.3 Å². The smallest absolute Gasteiger partial charge is 0.262 e. The topological polar surface area (TPSA) is 48.5 Å². The van der Waals surface area contributed by atoms with Crippen molar-refractivity contribution in [1.82, 2.24) is 15.2 Å². The van der Waals surface area contributed by atoms with Crippen molar-refractivity contribution in [3.8, 4) is 0 Å². The largest absolute Gasteiger partial charge is 0.345 e. The second kappa shape index (κ2) is 5.73. The lowest BCUT2D eigenvalue weighted by molar-refractivity contribution is -0.134. The van der Waals surface area contributed by atoms with Crippen LogP contribution in [0.1, 0.15) is 17.0 Å². The van der Waals surface area contributed by atoms with Gasteiger partial charge in [0.15, 0.2) is 5.13 Å². The highest BCUT2D eigenvalue weighted by atomic mass is 32.1. The Morgan fingerprint density at radius 1 is 1.32 bits per heavy atom. The molecule has 2 fully saturated rings. The van der Waals surface area contributed by atoms with E-state index in [4.69, 9.17) is 0 Å². The third-order valence-corrected chi connectivity index (χ3v) is 5.42. The van der Waals surface area contributed by atoms with Gasteiger partial charge in [0.05, 0.1) is 18.3 Å². The summed E-state index contributed by atoms with van der Waals surface area (Å²) < 4.78 is 26.4. The molecule has 22 heavy (non-hydrogen) atoms. The third kappa shape index (κ3) is 3.08. The monoisotopic (exact) mass is 330 g/mol. The van der Waals surface area contributed by atoms with Crippen LogP contribution in [-0.2, 0) is 4.79 Å². The first kappa shape index (κ1) is 15.6. The zero-order chi connectivity index (χ0) is 15.9. The van der Waals surface area contributed by atoms with Gasteiger partial charge in [0.25, 0.3) is 5.92 Å². The standard InChI is InChI=1S/C14H20F2N4OS/c1-9-10(2)22-13(18-9)20-5-3-19(4-6-20)12(21)11-7-14(15,16)8-17-11/h11,17H,3-8H2,1-2H3. The Labute approximate surface area is 132 Å². The molecule has 2 aliphatic rings. The number of alkyl halides is 2. The number of halogens is 2. The number of carbonyl (C=O) groups is 1. The molecule has 3 rings (SSSR count). The molecule has 3 heterocycles. The minimum absolute atomic E-state index is 0.205. The Bertz CT molecular complexity index is 550. The number of rotatable bonds is 2. The molecular weight excluding hydrogens is 310 g/mol. The minimum Gasteiger partial charge on any atom is -0.345 e. The summed E-state index contributed by atoms with van der Waals surface area (Å²) in [5.41, 5.74) is 1.04. The molecule has 1 amide bonds. The van der Waals surface area contributed by atoms with Crippen LogP contribution < -0.4 is 10.2 Å². The number of anilines is 1. The van der Waals surface area contributed by atoms with Gasteiger partial charge < -0.3 is 9.80 Å². The Morgan fingerprint density at radius 2 is 2.00 bits per heavy atom. The van der Waals surface area contributed by atoms with Crippen molar-refractivity contribution in [2.45, 2.75) is 32.2 Å².